The third-order valence-corrected chi connectivity index (χ3v) is 5.73. The van der Waals surface area contributed by atoms with Crippen molar-refractivity contribution in [3.63, 3.8) is 0 Å². The second-order valence-electron chi connectivity index (χ2n) is 6.96. The van der Waals surface area contributed by atoms with E-state index in [4.69, 9.17) is 16.3 Å². The van der Waals surface area contributed by atoms with E-state index in [-0.39, 0.29) is 0 Å². The maximum atomic E-state index is 6.58. The number of halogens is 1. The van der Waals surface area contributed by atoms with E-state index in [0.717, 1.165) is 35.7 Å². The zero-order chi connectivity index (χ0) is 15.7. The number of aryl methyl sites for hydroxylation is 1. The van der Waals surface area contributed by atoms with E-state index >= 15 is 0 Å². The number of benzene rings is 1. The first kappa shape index (κ1) is 16.1. The molecule has 3 nitrogen and oxygen atoms in total. The van der Waals surface area contributed by atoms with Crippen LogP contribution in [0.25, 0.3) is 0 Å². The number of rotatable bonds is 5. The van der Waals surface area contributed by atoms with Crippen molar-refractivity contribution in [3.05, 3.63) is 28.3 Å². The maximum Gasteiger partial charge on any atom is 0.137 e. The average Bonchev–Trinajstić information content (AvgIpc) is 2.45. The number of methoxy groups -OCH3 is 1. The molecule has 0 saturated heterocycles. The molecular formula is C18H27ClN2O. The van der Waals surface area contributed by atoms with Crippen LogP contribution >= 0.6 is 11.6 Å². The maximum absolute atomic E-state index is 6.58. The van der Waals surface area contributed by atoms with Crippen molar-refractivity contribution in [2.45, 2.75) is 44.2 Å². The Morgan fingerprint density at radius 2 is 2.09 bits per heavy atom. The molecular weight excluding hydrogens is 296 g/mol. The van der Waals surface area contributed by atoms with Crippen LogP contribution in [0.5, 0.6) is 5.75 Å². The van der Waals surface area contributed by atoms with Gasteiger partial charge in [-0.15, -0.1) is 0 Å². The number of fused-ring (bicyclic) bond motifs is 1. The van der Waals surface area contributed by atoms with E-state index in [9.17, 15) is 0 Å². The summed E-state index contributed by atoms with van der Waals surface area (Å²) < 4.78 is 5.39. The molecule has 0 amide bonds. The van der Waals surface area contributed by atoms with E-state index in [2.05, 4.69) is 30.4 Å². The highest BCUT2D eigenvalue weighted by Gasteiger charge is 2.32. The summed E-state index contributed by atoms with van der Waals surface area (Å²) in [6.45, 7) is 1.10. The lowest BCUT2D eigenvalue weighted by Crippen LogP contribution is -2.44. The number of hydrogen-bond acceptors (Lipinski definition) is 3. The molecule has 4 heteroatoms. The Balaban J connectivity index is 1.65. The summed E-state index contributed by atoms with van der Waals surface area (Å²) in [5.41, 5.74) is 2.66. The molecule has 1 atom stereocenters. The molecule has 0 radical (unpaired) electrons. The molecule has 2 aliphatic rings. The van der Waals surface area contributed by atoms with Crippen LogP contribution in [0.3, 0.4) is 0 Å². The van der Waals surface area contributed by atoms with Gasteiger partial charge in [-0.1, -0.05) is 17.7 Å². The molecule has 2 aliphatic carbocycles. The molecule has 1 unspecified atom stereocenters. The molecule has 1 fully saturated rings. The third kappa shape index (κ3) is 3.12. The van der Waals surface area contributed by atoms with E-state index in [1.807, 2.05) is 6.07 Å². The molecule has 3 rings (SSSR count). The Labute approximate surface area is 139 Å². The number of hydrogen-bond donors (Lipinski definition) is 1. The monoisotopic (exact) mass is 322 g/mol. The molecule has 1 aromatic carbocycles. The van der Waals surface area contributed by atoms with Crippen molar-refractivity contribution in [3.8, 4) is 5.75 Å². The van der Waals surface area contributed by atoms with Crippen LogP contribution < -0.4 is 10.1 Å². The number of ether oxygens (including phenoxy) is 1. The highest BCUT2D eigenvalue weighted by molar-refractivity contribution is 6.33. The van der Waals surface area contributed by atoms with Crippen molar-refractivity contribution < 1.29 is 4.74 Å². The third-order valence-electron chi connectivity index (χ3n) is 5.34. The van der Waals surface area contributed by atoms with Gasteiger partial charge in [0, 0.05) is 12.1 Å². The lowest BCUT2D eigenvalue weighted by atomic mass is 9.79. The van der Waals surface area contributed by atoms with Crippen molar-refractivity contribution in [2.75, 3.05) is 27.7 Å². The minimum atomic E-state index is 0.379. The van der Waals surface area contributed by atoms with Gasteiger partial charge in [-0.05, 0) is 75.9 Å². The van der Waals surface area contributed by atoms with Crippen LogP contribution in [0.15, 0.2) is 12.1 Å². The van der Waals surface area contributed by atoms with Gasteiger partial charge >= 0.3 is 0 Å². The van der Waals surface area contributed by atoms with Gasteiger partial charge in [-0.2, -0.15) is 0 Å². The van der Waals surface area contributed by atoms with Crippen molar-refractivity contribution in [1.29, 1.82) is 0 Å². The van der Waals surface area contributed by atoms with Gasteiger partial charge in [-0.3, -0.25) is 0 Å². The quantitative estimate of drug-likeness (QED) is 0.895. The van der Waals surface area contributed by atoms with Crippen LogP contribution in [0.2, 0.25) is 5.02 Å². The lowest BCUT2D eigenvalue weighted by Gasteiger charge is -2.41. The molecule has 122 valence electrons. The van der Waals surface area contributed by atoms with Crippen molar-refractivity contribution >= 4 is 11.6 Å². The molecule has 0 heterocycles. The van der Waals surface area contributed by atoms with Gasteiger partial charge in [0.25, 0.3) is 0 Å². The predicted molar refractivity (Wildman–Crippen MR) is 91.9 cm³/mol. The average molecular weight is 323 g/mol. The highest BCUT2D eigenvalue weighted by atomic mass is 35.5. The van der Waals surface area contributed by atoms with E-state index in [1.54, 1.807) is 7.11 Å². The van der Waals surface area contributed by atoms with Gasteiger partial charge in [-0.25, -0.2) is 0 Å². The van der Waals surface area contributed by atoms with Crippen molar-refractivity contribution in [2.24, 2.45) is 5.92 Å². The van der Waals surface area contributed by atoms with Crippen LogP contribution in [0, 0.1) is 5.92 Å². The summed E-state index contributed by atoms with van der Waals surface area (Å²) in [5.74, 6) is 1.60. The highest BCUT2D eigenvalue weighted by Crippen LogP contribution is 2.40. The summed E-state index contributed by atoms with van der Waals surface area (Å²) >= 11 is 6.58. The van der Waals surface area contributed by atoms with Gasteiger partial charge in [0.15, 0.2) is 0 Å². The minimum Gasteiger partial charge on any atom is -0.495 e. The molecule has 1 aromatic rings. The van der Waals surface area contributed by atoms with E-state index in [1.165, 1.54) is 36.8 Å². The molecule has 0 aromatic heterocycles. The van der Waals surface area contributed by atoms with Gasteiger partial charge in [0.2, 0.25) is 0 Å². The number of nitrogens with one attached hydrogen (secondary N) is 1. The fourth-order valence-corrected chi connectivity index (χ4v) is 4.20. The molecule has 22 heavy (non-hydrogen) atoms. The molecule has 1 saturated carbocycles. The minimum absolute atomic E-state index is 0.379. The predicted octanol–water partition coefficient (Wildman–Crippen LogP) is 3.66. The van der Waals surface area contributed by atoms with Gasteiger partial charge in [0.1, 0.15) is 5.75 Å². The Bertz CT molecular complexity index is 526. The van der Waals surface area contributed by atoms with Crippen molar-refractivity contribution in [1.82, 2.24) is 10.2 Å². The Morgan fingerprint density at radius 1 is 1.32 bits per heavy atom. The smallest absolute Gasteiger partial charge is 0.137 e. The standard InChI is InChI=1S/C18H27ClN2O/c1-21(2)14-9-12(10-14)11-20-15-6-4-5-13-7-8-16(22-3)18(19)17(13)15/h7-8,12,14-15,20H,4-6,9-11H2,1-3H3. The van der Waals surface area contributed by atoms with Crippen LogP contribution in [-0.2, 0) is 6.42 Å². The van der Waals surface area contributed by atoms with Crippen LogP contribution in [-0.4, -0.2) is 38.7 Å². The summed E-state index contributed by atoms with van der Waals surface area (Å²) in [5, 5.41) is 4.58. The first-order valence-electron chi connectivity index (χ1n) is 8.35. The number of nitrogens with zero attached hydrogens (tertiary/aromatic N) is 1. The van der Waals surface area contributed by atoms with Crippen LogP contribution in [0.4, 0.5) is 0 Å². The zero-order valence-electron chi connectivity index (χ0n) is 13.9. The topological polar surface area (TPSA) is 24.5 Å². The van der Waals surface area contributed by atoms with E-state index in [0.29, 0.717) is 6.04 Å². The Morgan fingerprint density at radius 3 is 2.77 bits per heavy atom. The van der Waals surface area contributed by atoms with Gasteiger partial charge < -0.3 is 15.0 Å². The fraction of sp³-hybridized carbons (Fsp3) is 0.667. The lowest BCUT2D eigenvalue weighted by molar-refractivity contribution is 0.119. The molecule has 0 aliphatic heterocycles. The Kier molecular flexibility index (Phi) is 4.96. The first-order chi connectivity index (χ1) is 10.6. The summed E-state index contributed by atoms with van der Waals surface area (Å²) in [6.07, 6.45) is 6.15. The summed E-state index contributed by atoms with van der Waals surface area (Å²) in [4.78, 5) is 2.34. The van der Waals surface area contributed by atoms with Gasteiger partial charge in [0.05, 0.1) is 12.1 Å². The van der Waals surface area contributed by atoms with Crippen LogP contribution in [0.1, 0.15) is 42.9 Å². The zero-order valence-corrected chi connectivity index (χ0v) is 14.6. The fourth-order valence-electron chi connectivity index (χ4n) is 3.81. The summed E-state index contributed by atoms with van der Waals surface area (Å²) in [6, 6.07) is 5.33. The summed E-state index contributed by atoms with van der Waals surface area (Å²) in [7, 11) is 6.05. The SMILES string of the molecule is COc1ccc2c(c1Cl)C(NCC1CC(N(C)C)C1)CCC2. The largest absolute Gasteiger partial charge is 0.495 e. The van der Waals surface area contributed by atoms with E-state index < -0.39 is 0 Å². The first-order valence-corrected chi connectivity index (χ1v) is 8.73. The molecule has 0 bridgehead atoms. The Hall–Kier alpha value is -0.770. The normalized spacial score (nSPS) is 27.4. The molecule has 1 N–H and O–H groups in total. The second-order valence-corrected chi connectivity index (χ2v) is 7.34. The molecule has 0 spiro atoms. The second kappa shape index (κ2) is 6.77.